The number of hydrogen-bond donors (Lipinski definition) is 1. The Morgan fingerprint density at radius 2 is 1.92 bits per heavy atom. The molecule has 2 rings (SSSR count). The lowest BCUT2D eigenvalue weighted by atomic mass is 9.93. The van der Waals surface area contributed by atoms with Crippen molar-refractivity contribution in [1.82, 2.24) is 0 Å². The summed E-state index contributed by atoms with van der Waals surface area (Å²) in [6.07, 6.45) is 2.57. The molecule has 3 nitrogen and oxygen atoms in total. The van der Waals surface area contributed by atoms with Crippen LogP contribution in [0.3, 0.4) is 0 Å². The Morgan fingerprint density at radius 3 is 2.33 bits per heavy atom. The van der Waals surface area contributed by atoms with E-state index in [1.165, 1.54) is 12.1 Å². The Kier molecular flexibility index (Phi) is 8.05. The van der Waals surface area contributed by atoms with Gasteiger partial charge in [0, 0.05) is 37.2 Å². The number of anilines is 1. The number of carbonyl (C=O) groups excluding carboxylic acids is 1. The molecule has 0 aromatic heterocycles. The summed E-state index contributed by atoms with van der Waals surface area (Å²) in [5.41, 5.74) is 0.500. The average molecular weight is 339 g/mol. The van der Waals surface area contributed by atoms with Crippen molar-refractivity contribution in [2.24, 2.45) is 0 Å². The second-order valence-corrected chi connectivity index (χ2v) is 6.12. The second kappa shape index (κ2) is 9.52. The van der Waals surface area contributed by atoms with E-state index in [4.69, 9.17) is 0 Å². The van der Waals surface area contributed by atoms with Crippen LogP contribution in [-0.2, 0) is 4.79 Å². The monoisotopic (exact) mass is 339 g/mol. The largest absolute Gasteiger partial charge is 0.389 e. The topological polar surface area (TPSA) is 40.5 Å². The molecule has 1 heterocycles. The molecule has 1 saturated heterocycles. The number of aliphatic hydroxyl groups excluding tert-OH is 1. The molecule has 0 saturated carbocycles. The van der Waals surface area contributed by atoms with Gasteiger partial charge in [-0.15, -0.1) is 6.58 Å². The van der Waals surface area contributed by atoms with E-state index in [0.717, 1.165) is 0 Å². The van der Waals surface area contributed by atoms with Crippen LogP contribution in [0.15, 0.2) is 24.8 Å². The average Bonchev–Trinajstić information content (AvgIpc) is 2.49. The van der Waals surface area contributed by atoms with Gasteiger partial charge in [-0.2, -0.15) is 0 Å². The van der Waals surface area contributed by atoms with Crippen LogP contribution in [0.1, 0.15) is 51.5 Å². The van der Waals surface area contributed by atoms with Gasteiger partial charge in [0.05, 0.1) is 6.10 Å². The Bertz CT molecular complexity index is 545. The van der Waals surface area contributed by atoms with Gasteiger partial charge in [0.15, 0.2) is 0 Å². The maximum atomic E-state index is 14.2. The summed E-state index contributed by atoms with van der Waals surface area (Å²) < 4.78 is 28.3. The van der Waals surface area contributed by atoms with Crippen LogP contribution in [0.4, 0.5) is 14.5 Å². The maximum Gasteiger partial charge on any atom is 0.132 e. The highest BCUT2D eigenvalue weighted by molar-refractivity contribution is 5.78. The molecule has 1 N–H and O–H groups in total. The van der Waals surface area contributed by atoms with Crippen molar-refractivity contribution in [3.8, 4) is 0 Å². The van der Waals surface area contributed by atoms with Crippen molar-refractivity contribution in [1.29, 1.82) is 0 Å². The molecule has 1 aromatic carbocycles. The zero-order chi connectivity index (χ0) is 18.3. The molecule has 134 valence electrons. The number of allylic oxidation sites excluding steroid dienone is 1. The van der Waals surface area contributed by atoms with Crippen molar-refractivity contribution in [2.75, 3.05) is 18.0 Å². The molecule has 1 aliphatic rings. The van der Waals surface area contributed by atoms with E-state index in [0.29, 0.717) is 38.0 Å². The molecule has 24 heavy (non-hydrogen) atoms. The minimum Gasteiger partial charge on any atom is -0.389 e. The van der Waals surface area contributed by atoms with Gasteiger partial charge >= 0.3 is 0 Å². The smallest absolute Gasteiger partial charge is 0.132 e. The second-order valence-electron chi connectivity index (χ2n) is 6.12. The third-order valence-corrected chi connectivity index (χ3v) is 4.03. The highest BCUT2D eigenvalue weighted by Gasteiger charge is 2.27. The summed E-state index contributed by atoms with van der Waals surface area (Å²) >= 11 is 0. The van der Waals surface area contributed by atoms with E-state index in [1.54, 1.807) is 24.8 Å². The lowest BCUT2D eigenvalue weighted by Gasteiger charge is -2.38. The normalized spacial score (nSPS) is 15.2. The van der Waals surface area contributed by atoms with Crippen LogP contribution in [0.25, 0.3) is 0 Å². The van der Waals surface area contributed by atoms with Crippen LogP contribution in [-0.4, -0.2) is 30.1 Å². The molecule has 0 aliphatic carbocycles. The van der Waals surface area contributed by atoms with Crippen molar-refractivity contribution in [2.45, 2.75) is 52.1 Å². The first kappa shape index (κ1) is 20.3. The van der Waals surface area contributed by atoms with E-state index in [2.05, 4.69) is 6.58 Å². The summed E-state index contributed by atoms with van der Waals surface area (Å²) in [6.45, 7) is 9.57. The standard InChI is InChI=1S/C16H21F2NO2.C3H6/c1-3-12(20)5-4-10(2)16-14(17)6-11(7-15(16)18)19-8-13(21)9-19;1-3-2/h6-7,10,13,21H,3-5,8-9H2,1-2H3;3H,1H2,2H3. The van der Waals surface area contributed by atoms with Gasteiger partial charge in [-0.05, 0) is 31.4 Å². The predicted molar refractivity (Wildman–Crippen MR) is 93.4 cm³/mol. The van der Waals surface area contributed by atoms with Crippen molar-refractivity contribution in [3.63, 3.8) is 0 Å². The number of ketones is 1. The number of aliphatic hydroxyl groups is 1. The first-order valence-corrected chi connectivity index (χ1v) is 8.34. The highest BCUT2D eigenvalue weighted by atomic mass is 19.1. The Morgan fingerprint density at radius 1 is 1.42 bits per heavy atom. The molecule has 1 fully saturated rings. The molecular weight excluding hydrogens is 312 g/mol. The lowest BCUT2D eigenvalue weighted by Crippen LogP contribution is -2.50. The minimum atomic E-state index is -0.581. The van der Waals surface area contributed by atoms with Gasteiger partial charge in [0.2, 0.25) is 0 Å². The molecular formula is C19H27F2NO2. The number of halogens is 2. The fourth-order valence-corrected chi connectivity index (χ4v) is 2.59. The molecule has 5 heteroatoms. The zero-order valence-electron chi connectivity index (χ0n) is 14.7. The van der Waals surface area contributed by atoms with E-state index in [-0.39, 0.29) is 17.3 Å². The maximum absolute atomic E-state index is 14.2. The number of nitrogens with zero attached hydrogens (tertiary/aromatic N) is 1. The summed E-state index contributed by atoms with van der Waals surface area (Å²) in [6, 6.07) is 2.62. The summed E-state index contributed by atoms with van der Waals surface area (Å²) in [5, 5.41) is 9.25. The molecule has 0 radical (unpaired) electrons. The Balaban J connectivity index is 0.000000891. The first-order chi connectivity index (χ1) is 11.3. The Labute approximate surface area is 143 Å². The predicted octanol–water partition coefficient (Wildman–Crippen LogP) is 4.20. The fraction of sp³-hybridized carbons (Fsp3) is 0.526. The summed E-state index contributed by atoms with van der Waals surface area (Å²) in [4.78, 5) is 13.0. The van der Waals surface area contributed by atoms with Crippen LogP contribution in [0, 0.1) is 11.6 Å². The van der Waals surface area contributed by atoms with Gasteiger partial charge in [-0.1, -0.05) is 19.9 Å². The molecule has 0 amide bonds. The van der Waals surface area contributed by atoms with E-state index in [9.17, 15) is 18.7 Å². The number of benzene rings is 1. The third-order valence-electron chi connectivity index (χ3n) is 4.03. The SMILES string of the molecule is C=CC.CCC(=O)CCC(C)c1c(F)cc(N2CC(O)C2)cc1F. The summed E-state index contributed by atoms with van der Waals surface area (Å²) in [5.74, 6) is -1.39. The zero-order valence-corrected chi connectivity index (χ0v) is 14.7. The lowest BCUT2D eigenvalue weighted by molar-refractivity contribution is -0.118. The molecule has 1 aliphatic heterocycles. The number of carbonyl (C=O) groups is 1. The quantitative estimate of drug-likeness (QED) is 0.790. The molecule has 1 aromatic rings. The van der Waals surface area contributed by atoms with Gasteiger partial charge in [0.1, 0.15) is 17.4 Å². The van der Waals surface area contributed by atoms with Crippen molar-refractivity contribution >= 4 is 11.5 Å². The van der Waals surface area contributed by atoms with E-state index >= 15 is 0 Å². The Hall–Kier alpha value is -1.75. The summed E-state index contributed by atoms with van der Waals surface area (Å²) in [7, 11) is 0. The van der Waals surface area contributed by atoms with E-state index < -0.39 is 17.7 Å². The first-order valence-electron chi connectivity index (χ1n) is 8.34. The minimum absolute atomic E-state index is 0.0451. The number of rotatable bonds is 6. The number of Topliss-reactive ketones (excluding diaryl/α,β-unsaturated/α-hetero) is 1. The number of hydrogen-bond acceptors (Lipinski definition) is 3. The van der Waals surface area contributed by atoms with Gasteiger partial charge in [-0.3, -0.25) is 4.79 Å². The third kappa shape index (κ3) is 5.41. The van der Waals surface area contributed by atoms with Crippen molar-refractivity contribution < 1.29 is 18.7 Å². The molecule has 0 spiro atoms. The highest BCUT2D eigenvalue weighted by Crippen LogP contribution is 2.31. The van der Waals surface area contributed by atoms with Gasteiger partial charge < -0.3 is 10.0 Å². The van der Waals surface area contributed by atoms with Crippen LogP contribution < -0.4 is 4.90 Å². The van der Waals surface area contributed by atoms with E-state index in [1.807, 2.05) is 6.92 Å². The molecule has 1 atom stereocenters. The van der Waals surface area contributed by atoms with Crippen molar-refractivity contribution in [3.05, 3.63) is 42.0 Å². The van der Waals surface area contributed by atoms with Crippen LogP contribution in [0.5, 0.6) is 0 Å². The number of β-amino-alcohol motifs (C(OH)–C–C–N with tert-alkyl or cyclic N) is 1. The van der Waals surface area contributed by atoms with Crippen LogP contribution in [0.2, 0.25) is 0 Å². The van der Waals surface area contributed by atoms with Gasteiger partial charge in [-0.25, -0.2) is 8.78 Å². The fourth-order valence-electron chi connectivity index (χ4n) is 2.59. The van der Waals surface area contributed by atoms with Crippen LogP contribution >= 0.6 is 0 Å². The molecule has 1 unspecified atom stereocenters. The molecule has 0 bridgehead atoms. The van der Waals surface area contributed by atoms with Gasteiger partial charge in [0.25, 0.3) is 0 Å².